The smallest absolute Gasteiger partial charge is 0.201 e. The van der Waals surface area contributed by atoms with Crippen LogP contribution in [-0.4, -0.2) is 35.1 Å². The van der Waals surface area contributed by atoms with Gasteiger partial charge in [0.25, 0.3) is 0 Å². The van der Waals surface area contributed by atoms with Gasteiger partial charge in [-0.2, -0.15) is 0 Å². The number of aromatic nitrogens is 4. The first-order valence-electron chi connectivity index (χ1n) is 10.5. The van der Waals surface area contributed by atoms with Crippen LogP contribution in [0.5, 0.6) is 0 Å². The third kappa shape index (κ3) is 3.75. The summed E-state index contributed by atoms with van der Waals surface area (Å²) in [6, 6.07) is 9.47. The summed E-state index contributed by atoms with van der Waals surface area (Å²) in [5.41, 5.74) is 1.82. The third-order valence-corrected chi connectivity index (χ3v) is 6.66. The average molecular weight is 480 g/mol. The number of pyridine rings is 2. The predicted molar refractivity (Wildman–Crippen MR) is 127 cm³/mol. The SMILES string of the molecule is CCCS(=O)Nc1ccc(F)c(C(=O)c2c[nH]c3ncc(-c4cccc5nccn45)cc23)c1F. The van der Waals surface area contributed by atoms with Gasteiger partial charge in [-0.1, -0.05) is 13.0 Å². The van der Waals surface area contributed by atoms with Gasteiger partial charge in [0.2, 0.25) is 5.78 Å². The van der Waals surface area contributed by atoms with Crippen LogP contribution < -0.4 is 4.72 Å². The number of anilines is 1. The number of halogens is 2. The molecule has 5 rings (SSSR count). The highest BCUT2D eigenvalue weighted by Crippen LogP contribution is 2.29. The van der Waals surface area contributed by atoms with Crippen LogP contribution in [0.4, 0.5) is 14.5 Å². The molecule has 0 aliphatic heterocycles. The lowest BCUT2D eigenvalue weighted by molar-refractivity contribution is 0.103. The molecule has 0 aliphatic rings. The lowest BCUT2D eigenvalue weighted by Crippen LogP contribution is -2.13. The summed E-state index contributed by atoms with van der Waals surface area (Å²) in [5, 5.41) is 0.423. The molecule has 0 saturated heterocycles. The fourth-order valence-electron chi connectivity index (χ4n) is 3.85. The Kier molecular flexibility index (Phi) is 5.66. The van der Waals surface area contributed by atoms with E-state index in [0.717, 1.165) is 23.5 Å². The molecule has 4 heterocycles. The molecule has 10 heteroatoms. The topological polar surface area (TPSA) is 92.1 Å². The van der Waals surface area contributed by atoms with E-state index < -0.39 is 34.0 Å². The van der Waals surface area contributed by atoms with Crippen LogP contribution in [0.2, 0.25) is 0 Å². The third-order valence-electron chi connectivity index (χ3n) is 5.43. The van der Waals surface area contributed by atoms with E-state index in [9.17, 15) is 13.4 Å². The maximum atomic E-state index is 15.2. The van der Waals surface area contributed by atoms with Crippen molar-refractivity contribution in [3.05, 3.63) is 83.9 Å². The van der Waals surface area contributed by atoms with Crippen LogP contribution in [0.25, 0.3) is 27.9 Å². The summed E-state index contributed by atoms with van der Waals surface area (Å²) in [6.45, 7) is 1.84. The second-order valence-corrected chi connectivity index (χ2v) is 8.96. The molecule has 7 nitrogen and oxygen atoms in total. The molecular formula is C24H19F2N5O2S. The van der Waals surface area contributed by atoms with Gasteiger partial charge >= 0.3 is 0 Å². The van der Waals surface area contributed by atoms with E-state index in [-0.39, 0.29) is 11.3 Å². The summed E-state index contributed by atoms with van der Waals surface area (Å²) >= 11 is 0. The van der Waals surface area contributed by atoms with Crippen molar-refractivity contribution in [3.63, 3.8) is 0 Å². The molecule has 172 valence electrons. The van der Waals surface area contributed by atoms with E-state index in [1.165, 1.54) is 6.20 Å². The van der Waals surface area contributed by atoms with Gasteiger partial charge in [-0.05, 0) is 36.8 Å². The highest BCUT2D eigenvalue weighted by Gasteiger charge is 2.25. The van der Waals surface area contributed by atoms with Crippen molar-refractivity contribution >= 4 is 39.1 Å². The molecule has 0 spiro atoms. The zero-order valence-electron chi connectivity index (χ0n) is 18.0. The van der Waals surface area contributed by atoms with Crippen LogP contribution >= 0.6 is 0 Å². The minimum atomic E-state index is -1.55. The second kappa shape index (κ2) is 8.79. The van der Waals surface area contributed by atoms with Gasteiger partial charge in [0.15, 0.2) is 5.82 Å². The van der Waals surface area contributed by atoms with Gasteiger partial charge in [-0.15, -0.1) is 0 Å². The van der Waals surface area contributed by atoms with E-state index in [1.807, 2.05) is 35.7 Å². The van der Waals surface area contributed by atoms with E-state index in [1.54, 1.807) is 18.5 Å². The fourth-order valence-corrected chi connectivity index (χ4v) is 4.72. The van der Waals surface area contributed by atoms with Gasteiger partial charge in [0.1, 0.15) is 28.1 Å². The summed E-state index contributed by atoms with van der Waals surface area (Å²) < 4.78 is 46.2. The van der Waals surface area contributed by atoms with Crippen LogP contribution in [-0.2, 0) is 11.0 Å². The standard InChI is InChI=1S/C24H19F2N5O2S/c1-2-10-34(33)30-18-7-6-17(25)21(22(18)26)23(32)16-13-29-24-15(16)11-14(12-28-24)19-4-3-5-20-27-8-9-31(19)20/h3-9,11-13,30H,2,10H2,1H3,(H,28,29). The number of rotatable bonds is 7. The van der Waals surface area contributed by atoms with E-state index >= 15 is 4.39 Å². The van der Waals surface area contributed by atoms with Gasteiger partial charge in [-0.3, -0.25) is 9.20 Å². The molecule has 0 saturated carbocycles. The fraction of sp³-hybridized carbons (Fsp3) is 0.125. The van der Waals surface area contributed by atoms with Crippen molar-refractivity contribution in [2.45, 2.75) is 13.3 Å². The van der Waals surface area contributed by atoms with Crippen molar-refractivity contribution in [2.24, 2.45) is 0 Å². The van der Waals surface area contributed by atoms with Gasteiger partial charge in [-0.25, -0.2) is 23.0 Å². The van der Waals surface area contributed by atoms with E-state index in [2.05, 4.69) is 19.7 Å². The Balaban J connectivity index is 1.59. The molecule has 5 aromatic rings. The molecular weight excluding hydrogens is 460 g/mol. The Bertz CT molecular complexity index is 1580. The first kappa shape index (κ1) is 21.9. The lowest BCUT2D eigenvalue weighted by atomic mass is 10.0. The molecule has 0 fully saturated rings. The first-order valence-corrected chi connectivity index (χ1v) is 11.9. The maximum absolute atomic E-state index is 15.2. The predicted octanol–water partition coefficient (Wildman–Crippen LogP) is 4.87. The summed E-state index contributed by atoms with van der Waals surface area (Å²) in [5.74, 6) is -2.64. The largest absolute Gasteiger partial charge is 0.345 e. The Hall–Kier alpha value is -3.92. The van der Waals surface area contributed by atoms with E-state index in [0.29, 0.717) is 28.8 Å². The zero-order chi connectivity index (χ0) is 23.8. The van der Waals surface area contributed by atoms with Crippen molar-refractivity contribution in [2.75, 3.05) is 10.5 Å². The molecule has 0 amide bonds. The molecule has 1 atom stereocenters. The Morgan fingerprint density at radius 1 is 1.21 bits per heavy atom. The van der Waals surface area contributed by atoms with Crippen molar-refractivity contribution in [1.29, 1.82) is 0 Å². The van der Waals surface area contributed by atoms with Gasteiger partial charge in [0, 0.05) is 47.1 Å². The number of nitrogens with zero attached hydrogens (tertiary/aromatic N) is 3. The molecule has 0 radical (unpaired) electrons. The van der Waals surface area contributed by atoms with E-state index in [4.69, 9.17) is 0 Å². The second-order valence-electron chi connectivity index (χ2n) is 7.65. The summed E-state index contributed by atoms with van der Waals surface area (Å²) in [7, 11) is -1.55. The van der Waals surface area contributed by atoms with Crippen LogP contribution in [0.15, 0.2) is 61.2 Å². The number of nitrogens with one attached hydrogen (secondary N) is 2. The number of hydrogen-bond donors (Lipinski definition) is 2. The normalized spacial score (nSPS) is 12.3. The van der Waals surface area contributed by atoms with Crippen LogP contribution in [0.1, 0.15) is 29.3 Å². The summed E-state index contributed by atoms with van der Waals surface area (Å²) in [4.78, 5) is 24.9. The lowest BCUT2D eigenvalue weighted by Gasteiger charge is -2.11. The highest BCUT2D eigenvalue weighted by molar-refractivity contribution is 7.86. The molecule has 34 heavy (non-hydrogen) atoms. The quantitative estimate of drug-likeness (QED) is 0.326. The number of ketones is 1. The van der Waals surface area contributed by atoms with Crippen LogP contribution in [0, 0.1) is 11.6 Å². The van der Waals surface area contributed by atoms with Crippen LogP contribution in [0.3, 0.4) is 0 Å². The molecule has 1 aromatic carbocycles. The average Bonchev–Trinajstić information content (AvgIpc) is 3.47. The molecule has 0 bridgehead atoms. The highest BCUT2D eigenvalue weighted by atomic mass is 32.2. The van der Waals surface area contributed by atoms with Gasteiger partial charge in [0.05, 0.1) is 16.9 Å². The molecule has 2 N–H and O–H groups in total. The maximum Gasteiger partial charge on any atom is 0.201 e. The number of imidazole rings is 1. The van der Waals surface area contributed by atoms with Crippen molar-refractivity contribution in [3.8, 4) is 11.3 Å². The number of H-pyrrole nitrogens is 1. The molecule has 1 unspecified atom stereocenters. The van der Waals surface area contributed by atoms with Gasteiger partial charge < -0.3 is 9.71 Å². The first-order chi connectivity index (χ1) is 16.5. The van der Waals surface area contributed by atoms with Crippen molar-refractivity contribution < 1.29 is 17.8 Å². The molecule has 0 aliphatic carbocycles. The Labute approximate surface area is 195 Å². The zero-order valence-corrected chi connectivity index (χ0v) is 18.8. The van der Waals surface area contributed by atoms with Crippen molar-refractivity contribution in [1.82, 2.24) is 19.4 Å². The number of benzene rings is 1. The minimum absolute atomic E-state index is 0.0757. The number of fused-ring (bicyclic) bond motifs is 2. The number of hydrogen-bond acceptors (Lipinski definition) is 4. The number of carbonyl (C=O) groups excluding carboxylic acids is 1. The number of carbonyl (C=O) groups is 1. The Morgan fingerprint density at radius 2 is 2.06 bits per heavy atom. The molecule has 4 aromatic heterocycles. The monoisotopic (exact) mass is 479 g/mol. The summed E-state index contributed by atoms with van der Waals surface area (Å²) in [6.07, 6.45) is 7.14. The Morgan fingerprint density at radius 3 is 2.88 bits per heavy atom. The number of aromatic amines is 1. The minimum Gasteiger partial charge on any atom is -0.345 e.